The molecule has 0 saturated carbocycles. The molecule has 0 aromatic carbocycles. The van der Waals surface area contributed by atoms with Gasteiger partial charge >= 0.3 is 0 Å². The van der Waals surface area contributed by atoms with Crippen molar-refractivity contribution < 1.29 is 14.3 Å². The Morgan fingerprint density at radius 1 is 1.45 bits per heavy atom. The van der Waals surface area contributed by atoms with E-state index in [-0.39, 0.29) is 30.1 Å². The molecule has 2 amide bonds. The predicted molar refractivity (Wildman–Crippen MR) is 72.2 cm³/mol. The third-order valence-electron chi connectivity index (χ3n) is 4.38. The van der Waals surface area contributed by atoms with Crippen molar-refractivity contribution >= 4 is 11.8 Å². The molecule has 2 aliphatic heterocycles. The lowest BCUT2D eigenvalue weighted by atomic mass is 9.83. The molecule has 3 rings (SSSR count). The third-order valence-corrected chi connectivity index (χ3v) is 4.38. The van der Waals surface area contributed by atoms with Crippen LogP contribution in [0.25, 0.3) is 0 Å². The topological polar surface area (TPSA) is 74.4 Å². The largest absolute Gasteiger partial charge is 0.363 e. The first-order valence-corrected chi connectivity index (χ1v) is 6.97. The highest BCUT2D eigenvalue weighted by atomic mass is 16.5. The maximum atomic E-state index is 12.2. The standard InChI is InChI=1S/C14H19N3O3/c1-10-14(20-9-12(18)16-10)4-7-17(8-5-14)13(19)11-3-2-6-15-11/h2-3,6,10,15H,4-5,7-9H2,1H3,(H,16,18)/t10-/m0/s1. The Labute approximate surface area is 117 Å². The second kappa shape index (κ2) is 4.94. The summed E-state index contributed by atoms with van der Waals surface area (Å²) in [5, 5.41) is 2.94. The van der Waals surface area contributed by atoms with E-state index in [9.17, 15) is 9.59 Å². The van der Waals surface area contributed by atoms with Crippen molar-refractivity contribution in [3.05, 3.63) is 24.0 Å². The number of H-pyrrole nitrogens is 1. The fourth-order valence-electron chi connectivity index (χ4n) is 3.05. The summed E-state index contributed by atoms with van der Waals surface area (Å²) in [6, 6.07) is 3.60. The fraction of sp³-hybridized carbons (Fsp3) is 0.571. The van der Waals surface area contributed by atoms with E-state index < -0.39 is 0 Å². The molecule has 2 fully saturated rings. The Hall–Kier alpha value is -1.82. The highest BCUT2D eigenvalue weighted by molar-refractivity contribution is 5.92. The normalized spacial score (nSPS) is 25.6. The number of rotatable bonds is 1. The monoisotopic (exact) mass is 277 g/mol. The summed E-state index contributed by atoms with van der Waals surface area (Å²) in [6.45, 7) is 3.39. The van der Waals surface area contributed by atoms with E-state index in [4.69, 9.17) is 4.74 Å². The van der Waals surface area contributed by atoms with Gasteiger partial charge in [-0.25, -0.2) is 0 Å². The number of nitrogens with one attached hydrogen (secondary N) is 2. The van der Waals surface area contributed by atoms with Crippen LogP contribution in [-0.2, 0) is 9.53 Å². The molecule has 1 spiro atoms. The van der Waals surface area contributed by atoms with Crippen LogP contribution in [0.15, 0.2) is 18.3 Å². The van der Waals surface area contributed by atoms with Crippen molar-refractivity contribution in [1.82, 2.24) is 15.2 Å². The molecule has 0 bridgehead atoms. The van der Waals surface area contributed by atoms with Gasteiger partial charge in [0.15, 0.2) is 0 Å². The van der Waals surface area contributed by atoms with Gasteiger partial charge in [0.2, 0.25) is 5.91 Å². The zero-order chi connectivity index (χ0) is 14.2. The van der Waals surface area contributed by atoms with E-state index in [0.29, 0.717) is 18.8 Å². The van der Waals surface area contributed by atoms with Crippen LogP contribution >= 0.6 is 0 Å². The van der Waals surface area contributed by atoms with Crippen molar-refractivity contribution in [2.75, 3.05) is 19.7 Å². The number of carbonyl (C=O) groups excluding carboxylic acids is 2. The summed E-state index contributed by atoms with van der Waals surface area (Å²) in [5.74, 6) is -0.0367. The van der Waals surface area contributed by atoms with E-state index >= 15 is 0 Å². The number of nitrogens with zero attached hydrogens (tertiary/aromatic N) is 1. The molecule has 2 saturated heterocycles. The molecular formula is C14H19N3O3. The minimum atomic E-state index is -0.319. The van der Waals surface area contributed by atoms with Crippen LogP contribution in [0.3, 0.4) is 0 Å². The summed E-state index contributed by atoms with van der Waals surface area (Å²) in [5.41, 5.74) is 0.298. The molecule has 0 aliphatic carbocycles. The SMILES string of the molecule is C[C@@H]1NC(=O)COC12CCN(C(=O)c1ccc[nH]1)CC2. The summed E-state index contributed by atoms with van der Waals surface area (Å²) in [4.78, 5) is 28.3. The van der Waals surface area contributed by atoms with Gasteiger partial charge in [0.25, 0.3) is 5.91 Å². The zero-order valence-corrected chi connectivity index (χ0v) is 11.5. The molecule has 20 heavy (non-hydrogen) atoms. The van der Waals surface area contributed by atoms with Crippen LogP contribution in [0, 0.1) is 0 Å². The van der Waals surface area contributed by atoms with Gasteiger partial charge in [0.1, 0.15) is 12.3 Å². The van der Waals surface area contributed by atoms with E-state index in [1.165, 1.54) is 0 Å². The number of hydrogen-bond donors (Lipinski definition) is 2. The molecule has 2 N–H and O–H groups in total. The van der Waals surface area contributed by atoms with Gasteiger partial charge < -0.3 is 19.9 Å². The summed E-state index contributed by atoms with van der Waals surface area (Å²) >= 11 is 0. The lowest BCUT2D eigenvalue weighted by Crippen LogP contribution is -2.63. The van der Waals surface area contributed by atoms with Gasteiger partial charge in [0.05, 0.1) is 11.6 Å². The van der Waals surface area contributed by atoms with Crippen LogP contribution in [0.2, 0.25) is 0 Å². The van der Waals surface area contributed by atoms with Crippen LogP contribution in [0.1, 0.15) is 30.3 Å². The number of amides is 2. The first-order chi connectivity index (χ1) is 9.61. The Morgan fingerprint density at radius 2 is 2.20 bits per heavy atom. The van der Waals surface area contributed by atoms with Gasteiger partial charge in [-0.05, 0) is 31.9 Å². The first-order valence-electron chi connectivity index (χ1n) is 6.97. The van der Waals surface area contributed by atoms with Crippen molar-refractivity contribution in [3.63, 3.8) is 0 Å². The molecule has 6 nitrogen and oxygen atoms in total. The molecule has 1 atom stereocenters. The van der Waals surface area contributed by atoms with Gasteiger partial charge in [0, 0.05) is 19.3 Å². The number of hydrogen-bond acceptors (Lipinski definition) is 3. The van der Waals surface area contributed by atoms with Gasteiger partial charge in [-0.2, -0.15) is 0 Å². The van der Waals surface area contributed by atoms with E-state index in [1.54, 1.807) is 12.3 Å². The fourth-order valence-corrected chi connectivity index (χ4v) is 3.05. The molecular weight excluding hydrogens is 258 g/mol. The van der Waals surface area contributed by atoms with E-state index in [0.717, 1.165) is 12.8 Å². The lowest BCUT2D eigenvalue weighted by Gasteiger charge is -2.47. The molecule has 6 heteroatoms. The minimum Gasteiger partial charge on any atom is -0.363 e. The smallest absolute Gasteiger partial charge is 0.270 e. The quantitative estimate of drug-likeness (QED) is 0.786. The zero-order valence-electron chi connectivity index (χ0n) is 11.5. The predicted octanol–water partition coefficient (Wildman–Crippen LogP) is 0.524. The Balaban J connectivity index is 1.65. The first kappa shape index (κ1) is 13.2. The molecule has 0 radical (unpaired) electrons. The average molecular weight is 277 g/mol. The minimum absolute atomic E-state index is 0.00788. The number of aromatic nitrogens is 1. The number of morpholine rings is 1. The molecule has 0 unspecified atom stereocenters. The van der Waals surface area contributed by atoms with Gasteiger partial charge in [-0.15, -0.1) is 0 Å². The van der Waals surface area contributed by atoms with Crippen molar-refractivity contribution in [1.29, 1.82) is 0 Å². The van der Waals surface area contributed by atoms with Crippen molar-refractivity contribution in [2.24, 2.45) is 0 Å². The number of piperidine rings is 1. The van der Waals surface area contributed by atoms with E-state index in [1.807, 2.05) is 17.9 Å². The van der Waals surface area contributed by atoms with E-state index in [2.05, 4.69) is 10.3 Å². The molecule has 1 aromatic heterocycles. The number of aromatic amines is 1. The highest BCUT2D eigenvalue weighted by Gasteiger charge is 2.44. The summed E-state index contributed by atoms with van der Waals surface area (Å²) < 4.78 is 5.79. The average Bonchev–Trinajstić information content (AvgIpc) is 2.98. The third kappa shape index (κ3) is 2.20. The second-order valence-electron chi connectivity index (χ2n) is 5.52. The highest BCUT2D eigenvalue weighted by Crippen LogP contribution is 2.32. The van der Waals surface area contributed by atoms with Gasteiger partial charge in [-0.1, -0.05) is 0 Å². The Morgan fingerprint density at radius 3 is 2.80 bits per heavy atom. The van der Waals surface area contributed by atoms with Crippen LogP contribution in [0.5, 0.6) is 0 Å². The number of carbonyl (C=O) groups is 2. The maximum Gasteiger partial charge on any atom is 0.270 e. The van der Waals surface area contributed by atoms with Crippen molar-refractivity contribution in [2.45, 2.75) is 31.4 Å². The van der Waals surface area contributed by atoms with Crippen LogP contribution < -0.4 is 5.32 Å². The Bertz CT molecular complexity index is 504. The Kier molecular flexibility index (Phi) is 3.25. The van der Waals surface area contributed by atoms with Gasteiger partial charge in [-0.3, -0.25) is 9.59 Å². The van der Waals surface area contributed by atoms with Crippen LogP contribution in [0.4, 0.5) is 0 Å². The number of likely N-dealkylation sites (tertiary alicyclic amines) is 1. The van der Waals surface area contributed by atoms with Crippen LogP contribution in [-0.4, -0.2) is 53.0 Å². The lowest BCUT2D eigenvalue weighted by molar-refractivity contribution is -0.158. The molecule has 1 aromatic rings. The second-order valence-corrected chi connectivity index (χ2v) is 5.52. The molecule has 2 aliphatic rings. The number of ether oxygens (including phenoxy) is 1. The summed E-state index contributed by atoms with van der Waals surface area (Å²) in [7, 11) is 0. The molecule has 108 valence electrons. The maximum absolute atomic E-state index is 12.2. The summed E-state index contributed by atoms with van der Waals surface area (Å²) in [6.07, 6.45) is 3.25. The van der Waals surface area contributed by atoms with Crippen molar-refractivity contribution in [3.8, 4) is 0 Å². The molecule has 3 heterocycles.